The van der Waals surface area contributed by atoms with Crippen molar-refractivity contribution in [3.05, 3.63) is 30.2 Å². The fraction of sp³-hybridized carbons (Fsp3) is 0.385. The number of nitrogens with two attached hydrogens (primary N) is 1. The number of ether oxygens (including phenoxy) is 1. The average molecular weight is 247 g/mol. The van der Waals surface area contributed by atoms with Gasteiger partial charge in [-0.25, -0.2) is 0 Å². The minimum Gasteiger partial charge on any atom is -0.493 e. The van der Waals surface area contributed by atoms with Crippen LogP contribution >= 0.6 is 0 Å². The highest BCUT2D eigenvalue weighted by Gasteiger charge is 2.16. The van der Waals surface area contributed by atoms with Crippen LogP contribution in [0.1, 0.15) is 32.2 Å². The summed E-state index contributed by atoms with van der Waals surface area (Å²) in [5.41, 5.74) is 6.67. The van der Waals surface area contributed by atoms with Crippen molar-refractivity contribution in [2.45, 2.75) is 26.3 Å². The van der Waals surface area contributed by atoms with Gasteiger partial charge in [-0.1, -0.05) is 24.2 Å². The van der Waals surface area contributed by atoms with Crippen LogP contribution in [-0.4, -0.2) is 16.7 Å². The number of rotatable bonds is 5. The van der Waals surface area contributed by atoms with Crippen molar-refractivity contribution in [3.8, 4) is 17.1 Å². The number of aromatic nitrogens is 2. The number of para-hydroxylation sites is 1. The molecule has 0 unspecified atom stereocenters. The molecular weight excluding hydrogens is 230 g/mol. The summed E-state index contributed by atoms with van der Waals surface area (Å²) in [4.78, 5) is 4.31. The largest absolute Gasteiger partial charge is 0.493 e. The van der Waals surface area contributed by atoms with E-state index in [4.69, 9.17) is 15.0 Å². The first kappa shape index (κ1) is 12.6. The molecule has 0 bridgehead atoms. The van der Waals surface area contributed by atoms with Crippen molar-refractivity contribution in [2.24, 2.45) is 5.73 Å². The lowest BCUT2D eigenvalue weighted by Gasteiger charge is -2.06. The van der Waals surface area contributed by atoms with Gasteiger partial charge in [0.25, 0.3) is 0 Å². The van der Waals surface area contributed by atoms with Gasteiger partial charge >= 0.3 is 0 Å². The van der Waals surface area contributed by atoms with Crippen LogP contribution in [0.3, 0.4) is 0 Å². The van der Waals surface area contributed by atoms with Crippen molar-refractivity contribution in [1.82, 2.24) is 10.1 Å². The molecule has 5 nitrogen and oxygen atoms in total. The van der Waals surface area contributed by atoms with Crippen LogP contribution in [-0.2, 0) is 0 Å². The molecule has 1 heterocycles. The van der Waals surface area contributed by atoms with Crippen LogP contribution in [0.4, 0.5) is 0 Å². The summed E-state index contributed by atoms with van der Waals surface area (Å²) in [5.74, 6) is 1.72. The lowest BCUT2D eigenvalue weighted by atomic mass is 10.2. The summed E-state index contributed by atoms with van der Waals surface area (Å²) >= 11 is 0. The van der Waals surface area contributed by atoms with Crippen LogP contribution in [0.5, 0.6) is 5.75 Å². The molecule has 1 aromatic carbocycles. The van der Waals surface area contributed by atoms with Crippen molar-refractivity contribution in [2.75, 3.05) is 6.61 Å². The fourth-order valence-corrected chi connectivity index (χ4v) is 1.60. The Balaban J connectivity index is 2.33. The Morgan fingerprint density at radius 3 is 2.83 bits per heavy atom. The molecule has 0 saturated heterocycles. The SMILES string of the molecule is CCOc1ccccc1-c1noc([C@H](N)CC)n1. The van der Waals surface area contributed by atoms with E-state index in [0.29, 0.717) is 18.3 Å². The molecule has 2 N–H and O–H groups in total. The van der Waals surface area contributed by atoms with E-state index in [-0.39, 0.29) is 6.04 Å². The third-order valence-corrected chi connectivity index (χ3v) is 2.63. The van der Waals surface area contributed by atoms with Crippen LogP contribution in [0.25, 0.3) is 11.4 Å². The highest BCUT2D eigenvalue weighted by molar-refractivity contribution is 5.63. The van der Waals surface area contributed by atoms with Crippen molar-refractivity contribution < 1.29 is 9.26 Å². The topological polar surface area (TPSA) is 74.2 Å². The van der Waals surface area contributed by atoms with Crippen LogP contribution in [0.2, 0.25) is 0 Å². The maximum absolute atomic E-state index is 5.85. The third-order valence-electron chi connectivity index (χ3n) is 2.63. The number of nitrogens with zero attached hydrogens (tertiary/aromatic N) is 2. The molecule has 0 radical (unpaired) electrons. The van der Waals surface area contributed by atoms with Gasteiger partial charge < -0.3 is 15.0 Å². The zero-order chi connectivity index (χ0) is 13.0. The van der Waals surface area contributed by atoms with E-state index >= 15 is 0 Å². The zero-order valence-electron chi connectivity index (χ0n) is 10.6. The quantitative estimate of drug-likeness (QED) is 0.878. The third kappa shape index (κ3) is 2.51. The van der Waals surface area contributed by atoms with Gasteiger partial charge in [0.15, 0.2) is 0 Å². The molecule has 1 aromatic heterocycles. The molecule has 1 atom stereocenters. The van der Waals surface area contributed by atoms with Gasteiger partial charge in [0.1, 0.15) is 5.75 Å². The van der Waals surface area contributed by atoms with Gasteiger partial charge in [-0.15, -0.1) is 0 Å². The Hall–Kier alpha value is -1.88. The zero-order valence-corrected chi connectivity index (χ0v) is 10.6. The molecule has 0 aliphatic heterocycles. The Morgan fingerprint density at radius 2 is 2.11 bits per heavy atom. The lowest BCUT2D eigenvalue weighted by Crippen LogP contribution is -2.08. The van der Waals surface area contributed by atoms with Crippen LogP contribution < -0.4 is 10.5 Å². The van der Waals surface area contributed by atoms with Gasteiger partial charge in [0.2, 0.25) is 11.7 Å². The van der Waals surface area contributed by atoms with E-state index in [9.17, 15) is 0 Å². The second-order valence-corrected chi connectivity index (χ2v) is 3.90. The minimum absolute atomic E-state index is 0.217. The van der Waals surface area contributed by atoms with Gasteiger partial charge in [0, 0.05) is 0 Å². The normalized spacial score (nSPS) is 12.4. The maximum Gasteiger partial charge on any atom is 0.243 e. The van der Waals surface area contributed by atoms with Crippen molar-refractivity contribution in [3.63, 3.8) is 0 Å². The summed E-state index contributed by atoms with van der Waals surface area (Å²) < 4.78 is 10.7. The maximum atomic E-state index is 5.85. The summed E-state index contributed by atoms with van der Waals surface area (Å²) in [6.45, 7) is 4.50. The molecule has 96 valence electrons. The molecule has 0 saturated carbocycles. The smallest absolute Gasteiger partial charge is 0.243 e. The van der Waals surface area contributed by atoms with Gasteiger partial charge in [-0.05, 0) is 25.5 Å². The van der Waals surface area contributed by atoms with E-state index in [1.807, 2.05) is 38.1 Å². The van der Waals surface area contributed by atoms with E-state index in [2.05, 4.69) is 10.1 Å². The molecule has 2 aromatic rings. The Kier molecular flexibility index (Phi) is 3.94. The van der Waals surface area contributed by atoms with E-state index in [1.165, 1.54) is 0 Å². The molecule has 0 amide bonds. The van der Waals surface area contributed by atoms with Gasteiger partial charge in [0.05, 0.1) is 18.2 Å². The highest BCUT2D eigenvalue weighted by Crippen LogP contribution is 2.28. The molecule has 0 fully saturated rings. The first-order valence-corrected chi connectivity index (χ1v) is 6.07. The van der Waals surface area contributed by atoms with E-state index in [0.717, 1.165) is 17.7 Å². The number of hydrogen-bond acceptors (Lipinski definition) is 5. The molecule has 0 aliphatic rings. The molecule has 2 rings (SSSR count). The number of benzene rings is 1. The van der Waals surface area contributed by atoms with Crippen molar-refractivity contribution in [1.29, 1.82) is 0 Å². The monoisotopic (exact) mass is 247 g/mol. The second kappa shape index (κ2) is 5.64. The van der Waals surface area contributed by atoms with Gasteiger partial charge in [-0.3, -0.25) is 0 Å². The van der Waals surface area contributed by atoms with Crippen LogP contribution in [0, 0.1) is 0 Å². The fourth-order valence-electron chi connectivity index (χ4n) is 1.60. The average Bonchev–Trinajstić information content (AvgIpc) is 2.88. The van der Waals surface area contributed by atoms with E-state index in [1.54, 1.807) is 0 Å². The highest BCUT2D eigenvalue weighted by atomic mass is 16.5. The minimum atomic E-state index is -0.217. The first-order valence-electron chi connectivity index (χ1n) is 6.07. The molecule has 5 heteroatoms. The lowest BCUT2D eigenvalue weighted by molar-refractivity contribution is 0.340. The molecular formula is C13H17N3O2. The van der Waals surface area contributed by atoms with Gasteiger partial charge in [-0.2, -0.15) is 4.98 Å². The Bertz CT molecular complexity index is 510. The predicted molar refractivity (Wildman–Crippen MR) is 68.1 cm³/mol. The summed E-state index contributed by atoms with van der Waals surface area (Å²) in [5, 5.41) is 3.95. The Morgan fingerprint density at radius 1 is 1.33 bits per heavy atom. The Labute approximate surface area is 106 Å². The first-order chi connectivity index (χ1) is 8.76. The summed E-state index contributed by atoms with van der Waals surface area (Å²) in [6, 6.07) is 7.39. The second-order valence-electron chi connectivity index (χ2n) is 3.90. The van der Waals surface area contributed by atoms with Crippen molar-refractivity contribution >= 4 is 0 Å². The molecule has 18 heavy (non-hydrogen) atoms. The number of hydrogen-bond donors (Lipinski definition) is 1. The molecule has 0 aliphatic carbocycles. The van der Waals surface area contributed by atoms with Crippen LogP contribution in [0.15, 0.2) is 28.8 Å². The summed E-state index contributed by atoms with van der Waals surface area (Å²) in [7, 11) is 0. The van der Waals surface area contributed by atoms with E-state index < -0.39 is 0 Å². The predicted octanol–water partition coefficient (Wildman–Crippen LogP) is 2.55. The molecule has 0 spiro atoms. The standard InChI is InChI=1S/C13H17N3O2/c1-3-10(14)13-15-12(16-18-13)9-7-5-6-8-11(9)17-4-2/h5-8,10H,3-4,14H2,1-2H3/t10-/m1/s1. The summed E-state index contributed by atoms with van der Waals surface area (Å²) in [6.07, 6.45) is 0.759.